The number of amides is 2. The van der Waals surface area contributed by atoms with Crippen LogP contribution in [0.25, 0.3) is 6.08 Å². The number of aliphatic hydroxyl groups is 2. The number of carbonyl (C=O) groups excluding carboxylic acids is 2. The summed E-state index contributed by atoms with van der Waals surface area (Å²) in [6.07, 6.45) is 3.51. The van der Waals surface area contributed by atoms with Crippen molar-refractivity contribution < 1.29 is 24.2 Å². The van der Waals surface area contributed by atoms with E-state index in [2.05, 4.69) is 11.8 Å². The highest BCUT2D eigenvalue weighted by Crippen LogP contribution is 2.18. The smallest absolute Gasteiger partial charge is 0.246 e. The number of aliphatic hydroxyl groups excluding tert-OH is 2. The molecule has 33 heavy (non-hydrogen) atoms. The number of nitrogens with zero attached hydrogens (tertiary/aromatic N) is 3. The van der Waals surface area contributed by atoms with Crippen LogP contribution < -0.4 is 0 Å². The van der Waals surface area contributed by atoms with Gasteiger partial charge in [-0.05, 0) is 42.5 Å². The quantitative estimate of drug-likeness (QED) is 0.582. The first-order valence-corrected chi connectivity index (χ1v) is 11.9. The van der Waals surface area contributed by atoms with Gasteiger partial charge in [-0.15, -0.1) is 0 Å². The summed E-state index contributed by atoms with van der Waals surface area (Å²) >= 11 is 5.77. The number of piperidine rings is 1. The minimum atomic E-state index is -0.582. The van der Waals surface area contributed by atoms with Gasteiger partial charge in [0.1, 0.15) is 5.82 Å². The maximum Gasteiger partial charge on any atom is 0.246 e. The van der Waals surface area contributed by atoms with Crippen LogP contribution >= 0.6 is 11.6 Å². The summed E-state index contributed by atoms with van der Waals surface area (Å²) < 4.78 is 13.3. The van der Waals surface area contributed by atoms with Gasteiger partial charge in [-0.1, -0.05) is 24.6 Å². The Morgan fingerprint density at radius 3 is 2.82 bits per heavy atom. The van der Waals surface area contributed by atoms with Crippen molar-refractivity contribution in [3.63, 3.8) is 0 Å². The third-order valence-corrected chi connectivity index (χ3v) is 6.47. The van der Waals surface area contributed by atoms with Gasteiger partial charge in [-0.25, -0.2) is 4.39 Å². The number of hydrogen-bond acceptors (Lipinski definition) is 5. The largest absolute Gasteiger partial charge is 0.392 e. The molecule has 0 unspecified atom stereocenters. The molecule has 0 radical (unpaired) electrons. The van der Waals surface area contributed by atoms with Crippen molar-refractivity contribution in [2.75, 3.05) is 45.8 Å². The lowest BCUT2D eigenvalue weighted by molar-refractivity contribution is -0.130. The zero-order valence-corrected chi connectivity index (χ0v) is 19.8. The normalized spacial score (nSPS) is 23.7. The molecule has 9 heteroatoms. The molecule has 0 saturated carbocycles. The Morgan fingerprint density at radius 2 is 2.09 bits per heavy atom. The molecule has 2 amide bonds. The van der Waals surface area contributed by atoms with Crippen molar-refractivity contribution in [3.8, 4) is 0 Å². The van der Waals surface area contributed by atoms with Crippen LogP contribution in [0.1, 0.15) is 31.7 Å². The molecule has 1 aromatic rings. The van der Waals surface area contributed by atoms with Crippen LogP contribution in [0.2, 0.25) is 5.02 Å². The van der Waals surface area contributed by atoms with Crippen LogP contribution in [0, 0.1) is 11.7 Å². The molecule has 2 N–H and O–H groups in total. The first-order chi connectivity index (χ1) is 15.7. The van der Waals surface area contributed by atoms with E-state index >= 15 is 0 Å². The van der Waals surface area contributed by atoms with E-state index in [9.17, 15) is 24.2 Å². The molecule has 2 aliphatic rings. The molecule has 2 fully saturated rings. The Labute approximate surface area is 199 Å². The molecular weight excluding hydrogens is 449 g/mol. The van der Waals surface area contributed by atoms with Crippen LogP contribution in [0.3, 0.4) is 0 Å². The van der Waals surface area contributed by atoms with Crippen LogP contribution in [-0.4, -0.2) is 94.7 Å². The van der Waals surface area contributed by atoms with Gasteiger partial charge >= 0.3 is 0 Å². The minimum absolute atomic E-state index is 0.00576. The van der Waals surface area contributed by atoms with E-state index < -0.39 is 11.9 Å². The monoisotopic (exact) mass is 481 g/mol. The van der Waals surface area contributed by atoms with E-state index in [-0.39, 0.29) is 29.4 Å². The van der Waals surface area contributed by atoms with Gasteiger partial charge in [0.25, 0.3) is 0 Å². The Kier molecular flexibility index (Phi) is 9.26. The van der Waals surface area contributed by atoms with E-state index in [0.29, 0.717) is 57.2 Å². The summed E-state index contributed by atoms with van der Waals surface area (Å²) in [6.45, 7) is 5.57. The second kappa shape index (κ2) is 11.9. The zero-order chi connectivity index (χ0) is 24.0. The molecule has 182 valence electrons. The third-order valence-electron chi connectivity index (χ3n) is 6.18. The molecule has 2 saturated heterocycles. The number of halogens is 2. The molecule has 0 bridgehead atoms. The van der Waals surface area contributed by atoms with Crippen LogP contribution in [0.5, 0.6) is 0 Å². The van der Waals surface area contributed by atoms with Crippen LogP contribution in [0.4, 0.5) is 4.39 Å². The van der Waals surface area contributed by atoms with Gasteiger partial charge < -0.3 is 20.0 Å². The summed E-state index contributed by atoms with van der Waals surface area (Å²) in [5, 5.41) is 20.4. The molecule has 3 atom stereocenters. The lowest BCUT2D eigenvalue weighted by Crippen LogP contribution is -2.46. The van der Waals surface area contributed by atoms with Crippen molar-refractivity contribution >= 4 is 29.5 Å². The summed E-state index contributed by atoms with van der Waals surface area (Å²) in [5.41, 5.74) is 0.617. The molecule has 0 spiro atoms. The first kappa shape index (κ1) is 25.6. The van der Waals surface area contributed by atoms with Gasteiger partial charge in [0.15, 0.2) is 0 Å². The van der Waals surface area contributed by atoms with Crippen molar-refractivity contribution in [1.29, 1.82) is 0 Å². The molecule has 1 aromatic carbocycles. The fourth-order valence-corrected chi connectivity index (χ4v) is 4.67. The molecule has 3 rings (SSSR count). The van der Waals surface area contributed by atoms with Crippen molar-refractivity contribution in [2.24, 2.45) is 5.92 Å². The van der Waals surface area contributed by atoms with E-state index in [1.807, 2.05) is 0 Å². The Morgan fingerprint density at radius 1 is 1.30 bits per heavy atom. The highest BCUT2D eigenvalue weighted by Gasteiger charge is 2.26. The topological polar surface area (TPSA) is 84.3 Å². The van der Waals surface area contributed by atoms with E-state index in [4.69, 9.17) is 11.6 Å². The van der Waals surface area contributed by atoms with E-state index in [0.717, 1.165) is 13.0 Å². The molecule has 7 nitrogen and oxygen atoms in total. The van der Waals surface area contributed by atoms with E-state index in [1.165, 1.54) is 24.3 Å². The average Bonchev–Trinajstić information content (AvgIpc) is 2.93. The summed E-state index contributed by atoms with van der Waals surface area (Å²) in [6, 6.07) is 4.23. The van der Waals surface area contributed by atoms with E-state index in [1.54, 1.807) is 15.9 Å². The highest BCUT2D eigenvalue weighted by molar-refractivity contribution is 6.30. The second-order valence-electron chi connectivity index (χ2n) is 9.12. The van der Waals surface area contributed by atoms with Gasteiger partial charge in [-0.2, -0.15) is 0 Å². The Balaban J connectivity index is 1.46. The predicted molar refractivity (Wildman–Crippen MR) is 125 cm³/mol. The summed E-state index contributed by atoms with van der Waals surface area (Å²) in [4.78, 5) is 30.5. The second-order valence-corrected chi connectivity index (χ2v) is 9.53. The molecule has 2 aliphatic heterocycles. The maximum absolute atomic E-state index is 13.3. The maximum atomic E-state index is 13.3. The number of likely N-dealkylation sites (tertiary alicyclic amines) is 1. The van der Waals surface area contributed by atoms with Crippen molar-refractivity contribution in [2.45, 2.75) is 38.4 Å². The Hall–Kier alpha value is -2.00. The average molecular weight is 482 g/mol. The van der Waals surface area contributed by atoms with Gasteiger partial charge in [0, 0.05) is 58.3 Å². The lowest BCUT2D eigenvalue weighted by atomic mass is 9.97. The molecule has 2 heterocycles. The van der Waals surface area contributed by atoms with Crippen molar-refractivity contribution in [3.05, 3.63) is 40.7 Å². The number of β-amino-alcohol motifs (C(OH)–C–C–N with tert-alkyl or cyclic N) is 2. The van der Waals surface area contributed by atoms with Gasteiger partial charge in [0.2, 0.25) is 11.8 Å². The zero-order valence-electron chi connectivity index (χ0n) is 19.0. The molecule has 0 aromatic heterocycles. The number of rotatable bonds is 7. The highest BCUT2D eigenvalue weighted by atomic mass is 35.5. The fraction of sp³-hybridized carbons (Fsp3) is 0.583. The van der Waals surface area contributed by atoms with Gasteiger partial charge in [-0.3, -0.25) is 14.5 Å². The summed E-state index contributed by atoms with van der Waals surface area (Å²) in [5.74, 6) is -0.373. The molecule has 0 aliphatic carbocycles. The molecular formula is C24H33ClFN3O4. The number of hydrogen-bond donors (Lipinski definition) is 2. The first-order valence-electron chi connectivity index (χ1n) is 11.5. The number of benzene rings is 1. The third kappa shape index (κ3) is 7.78. The lowest BCUT2D eigenvalue weighted by Gasteiger charge is -2.35. The Bertz CT molecular complexity index is 858. The summed E-state index contributed by atoms with van der Waals surface area (Å²) in [7, 11) is 0. The standard InChI is InChI=1S/C24H33ClFN3O4/c1-17-12-20(31)16-27(14-17)15-19(30)6-8-28-10-11-29(9-7-24(28)33)23(32)5-3-18-2-4-22(26)21(25)13-18/h2-5,13,17,19-20,30-31H,6-12,14-16H2,1H3/t17-,19+,20+/m0/s1. The fourth-order valence-electron chi connectivity index (χ4n) is 4.48. The van der Waals surface area contributed by atoms with Crippen LogP contribution in [-0.2, 0) is 9.59 Å². The minimum Gasteiger partial charge on any atom is -0.392 e. The SMILES string of the molecule is C[C@H]1C[C@@H](O)CN(C[C@H](O)CCN2CCN(C(=O)C=Cc3ccc(F)c(Cl)c3)CCC2=O)C1. The van der Waals surface area contributed by atoms with Gasteiger partial charge in [0.05, 0.1) is 17.2 Å². The predicted octanol–water partition coefficient (Wildman–Crippen LogP) is 2.01. The van der Waals surface area contributed by atoms with Crippen LogP contribution in [0.15, 0.2) is 24.3 Å². The number of carbonyl (C=O) groups is 2. The van der Waals surface area contributed by atoms with Crippen molar-refractivity contribution in [1.82, 2.24) is 14.7 Å².